The van der Waals surface area contributed by atoms with E-state index in [-0.39, 0.29) is 32.0 Å². The molecule has 2 fully saturated rings. The Bertz CT molecular complexity index is 531. The number of nitrogens with zero attached hydrogens (tertiary/aromatic N) is 2. The first-order valence-electron chi connectivity index (χ1n) is 9.46. The highest BCUT2D eigenvalue weighted by Gasteiger charge is 2.51. The van der Waals surface area contributed by atoms with Crippen molar-refractivity contribution in [3.8, 4) is 0 Å². The van der Waals surface area contributed by atoms with Gasteiger partial charge in [-0.25, -0.2) is 0 Å². The number of likely N-dealkylation sites (tertiary alicyclic amines) is 2. The summed E-state index contributed by atoms with van der Waals surface area (Å²) in [5.41, 5.74) is 0. The molecule has 29 heavy (non-hydrogen) atoms. The van der Waals surface area contributed by atoms with Gasteiger partial charge in [0.2, 0.25) is 0 Å². The van der Waals surface area contributed by atoms with Crippen LogP contribution in [0.15, 0.2) is 12.2 Å². The van der Waals surface area contributed by atoms with E-state index in [4.69, 9.17) is 0 Å². The molecular weight excluding hydrogens is 415 g/mol. The normalized spacial score (nSPS) is 31.5. The van der Waals surface area contributed by atoms with Crippen LogP contribution in [0.1, 0.15) is 19.8 Å². The zero-order valence-electron chi connectivity index (χ0n) is 15.9. The van der Waals surface area contributed by atoms with E-state index >= 15 is 0 Å². The van der Waals surface area contributed by atoms with Crippen LogP contribution in [0.2, 0.25) is 0 Å². The largest absolute Gasteiger partial charge is 0.393 e. The molecule has 0 bridgehead atoms. The van der Waals surface area contributed by atoms with Gasteiger partial charge in [-0.1, -0.05) is 19.1 Å². The van der Waals surface area contributed by atoms with E-state index in [1.54, 1.807) is 11.8 Å². The average Bonchev–Trinajstić information content (AvgIpc) is 2.56. The fraction of sp³-hybridized carbons (Fsp3) is 0.889. The summed E-state index contributed by atoms with van der Waals surface area (Å²) >= 11 is 0. The molecule has 0 spiro atoms. The van der Waals surface area contributed by atoms with Gasteiger partial charge in [0.25, 0.3) is 0 Å². The number of halogens is 9. The number of hydrogen-bond acceptors (Lipinski definition) is 2. The second-order valence-electron chi connectivity index (χ2n) is 8.20. The van der Waals surface area contributed by atoms with Crippen molar-refractivity contribution in [3.05, 3.63) is 12.2 Å². The topological polar surface area (TPSA) is 6.48 Å². The van der Waals surface area contributed by atoms with Crippen LogP contribution >= 0.6 is 0 Å². The zero-order valence-corrected chi connectivity index (χ0v) is 15.9. The molecule has 2 heterocycles. The van der Waals surface area contributed by atoms with E-state index in [9.17, 15) is 39.5 Å². The number of alkyl halides is 9. The van der Waals surface area contributed by atoms with Crippen LogP contribution in [-0.2, 0) is 0 Å². The molecule has 170 valence electrons. The molecule has 0 amide bonds. The fourth-order valence-corrected chi connectivity index (χ4v) is 4.11. The van der Waals surface area contributed by atoms with Gasteiger partial charge < -0.3 is 0 Å². The smallest absolute Gasteiger partial charge is 0.299 e. The lowest BCUT2D eigenvalue weighted by atomic mass is 9.88. The lowest BCUT2D eigenvalue weighted by molar-refractivity contribution is -0.230. The molecule has 0 saturated carbocycles. The molecule has 4 atom stereocenters. The molecule has 0 N–H and O–H groups in total. The van der Waals surface area contributed by atoms with E-state index in [1.165, 1.54) is 12.2 Å². The first-order valence-corrected chi connectivity index (χ1v) is 9.46. The molecule has 0 aromatic carbocycles. The van der Waals surface area contributed by atoms with Crippen molar-refractivity contribution in [2.45, 2.75) is 38.3 Å². The van der Waals surface area contributed by atoms with E-state index in [0.29, 0.717) is 6.54 Å². The van der Waals surface area contributed by atoms with E-state index < -0.39 is 55.8 Å². The molecule has 4 unspecified atom stereocenters. The van der Waals surface area contributed by atoms with Crippen molar-refractivity contribution in [2.75, 3.05) is 39.3 Å². The number of rotatable bonds is 4. The van der Waals surface area contributed by atoms with Gasteiger partial charge in [-0.05, 0) is 18.8 Å². The lowest BCUT2D eigenvalue weighted by Gasteiger charge is -2.38. The highest BCUT2D eigenvalue weighted by Crippen LogP contribution is 2.41. The molecule has 2 aliphatic rings. The van der Waals surface area contributed by atoms with Gasteiger partial charge >= 0.3 is 18.5 Å². The Labute approximate surface area is 163 Å². The van der Waals surface area contributed by atoms with E-state index in [1.807, 2.05) is 0 Å². The third-order valence-corrected chi connectivity index (χ3v) is 5.54. The summed E-state index contributed by atoms with van der Waals surface area (Å²) in [7, 11) is 0. The minimum atomic E-state index is -4.71. The van der Waals surface area contributed by atoms with Crippen molar-refractivity contribution in [1.29, 1.82) is 0 Å². The highest BCUT2D eigenvalue weighted by atomic mass is 19.4. The molecule has 2 rings (SSSR count). The van der Waals surface area contributed by atoms with Gasteiger partial charge in [-0.3, -0.25) is 9.80 Å². The monoisotopic (exact) mass is 440 g/mol. The van der Waals surface area contributed by atoms with Crippen molar-refractivity contribution in [1.82, 2.24) is 9.80 Å². The quantitative estimate of drug-likeness (QED) is 0.442. The van der Waals surface area contributed by atoms with Crippen molar-refractivity contribution >= 4 is 0 Å². The second kappa shape index (κ2) is 9.03. The predicted molar refractivity (Wildman–Crippen MR) is 89.1 cm³/mol. The second-order valence-corrected chi connectivity index (χ2v) is 8.20. The van der Waals surface area contributed by atoms with Gasteiger partial charge in [-0.15, -0.1) is 0 Å². The third kappa shape index (κ3) is 7.34. The van der Waals surface area contributed by atoms with Crippen molar-refractivity contribution < 1.29 is 39.5 Å². The van der Waals surface area contributed by atoms with Gasteiger partial charge in [0.05, 0.1) is 17.8 Å². The summed E-state index contributed by atoms with van der Waals surface area (Å²) in [6, 6.07) is 0. The summed E-state index contributed by atoms with van der Waals surface area (Å²) in [4.78, 5) is 2.71. The molecule has 0 aromatic rings. The van der Waals surface area contributed by atoms with Gasteiger partial charge in [0, 0.05) is 39.3 Å². The van der Waals surface area contributed by atoms with Crippen molar-refractivity contribution in [3.63, 3.8) is 0 Å². The van der Waals surface area contributed by atoms with Crippen LogP contribution < -0.4 is 0 Å². The maximum Gasteiger partial charge on any atom is 0.393 e. The molecule has 0 aromatic heterocycles. The Morgan fingerprint density at radius 2 is 0.966 bits per heavy atom. The molecule has 0 aliphatic carbocycles. The van der Waals surface area contributed by atoms with Gasteiger partial charge in [-0.2, -0.15) is 39.5 Å². The average molecular weight is 440 g/mol. The summed E-state index contributed by atoms with van der Waals surface area (Å²) in [5.74, 6) is -5.67. The van der Waals surface area contributed by atoms with Crippen LogP contribution in [0.3, 0.4) is 0 Å². The van der Waals surface area contributed by atoms with Crippen LogP contribution in [0.4, 0.5) is 39.5 Å². The van der Waals surface area contributed by atoms with Gasteiger partial charge in [0.1, 0.15) is 0 Å². The molecular formula is C18H25F9N2. The highest BCUT2D eigenvalue weighted by molar-refractivity contribution is 4.94. The SMILES string of the molecule is CC1CC(C(F)(F)F)CN(C/C=C/CN2CC(C(F)(F)F)CC(C(F)(F)F)C2)C1. The molecule has 2 nitrogen and oxygen atoms in total. The summed E-state index contributed by atoms with van der Waals surface area (Å²) in [6.45, 7) is 1.06. The summed E-state index contributed by atoms with van der Waals surface area (Å²) in [5, 5.41) is 0. The predicted octanol–water partition coefficient (Wildman–Crippen LogP) is 5.13. The Kier molecular flexibility index (Phi) is 7.57. The van der Waals surface area contributed by atoms with Crippen LogP contribution in [0.5, 0.6) is 0 Å². The van der Waals surface area contributed by atoms with E-state index in [2.05, 4.69) is 0 Å². The minimum Gasteiger partial charge on any atom is -0.299 e. The summed E-state index contributed by atoms with van der Waals surface area (Å²) < 4.78 is 117. The maximum atomic E-state index is 13.0. The Morgan fingerprint density at radius 1 is 0.621 bits per heavy atom. The maximum absolute atomic E-state index is 13.0. The molecule has 11 heteroatoms. The van der Waals surface area contributed by atoms with Crippen LogP contribution in [0.25, 0.3) is 0 Å². The Balaban J connectivity index is 1.91. The Morgan fingerprint density at radius 3 is 1.34 bits per heavy atom. The Hall–Kier alpha value is -0.970. The lowest BCUT2D eigenvalue weighted by Crippen LogP contribution is -2.49. The first kappa shape index (κ1) is 24.3. The van der Waals surface area contributed by atoms with Gasteiger partial charge in [0.15, 0.2) is 0 Å². The van der Waals surface area contributed by atoms with E-state index in [0.717, 1.165) is 4.90 Å². The zero-order chi connectivity index (χ0) is 22.0. The first-order chi connectivity index (χ1) is 13.2. The van der Waals surface area contributed by atoms with Crippen LogP contribution in [-0.4, -0.2) is 67.6 Å². The minimum absolute atomic E-state index is 0.0507. The fourth-order valence-electron chi connectivity index (χ4n) is 4.11. The molecule has 2 aliphatic heterocycles. The molecule has 0 radical (unpaired) electrons. The summed E-state index contributed by atoms with van der Waals surface area (Å²) in [6.07, 6.45) is -11.7. The third-order valence-electron chi connectivity index (χ3n) is 5.54. The van der Waals surface area contributed by atoms with Crippen molar-refractivity contribution in [2.24, 2.45) is 23.7 Å². The number of piperidine rings is 2. The standard InChI is InChI=1S/C18H25F9N2/c1-12-6-13(16(19,20)21)9-28(8-12)4-2-3-5-29-10-14(17(22,23)24)7-15(11-29)18(25,26)27/h2-3,12-15H,4-11H2,1H3/b3-2+. The molecule has 2 saturated heterocycles. The van der Waals surface area contributed by atoms with Crippen LogP contribution in [0, 0.1) is 23.7 Å². The number of hydrogen-bond donors (Lipinski definition) is 0.